The molecule has 9 nitrogen and oxygen atoms in total. The van der Waals surface area contributed by atoms with E-state index in [0.29, 0.717) is 54.3 Å². The van der Waals surface area contributed by atoms with E-state index >= 15 is 0 Å². The largest absolute Gasteiger partial charge is 0.384 e. The van der Waals surface area contributed by atoms with Crippen LogP contribution in [0.15, 0.2) is 65.7 Å². The van der Waals surface area contributed by atoms with Crippen LogP contribution in [0.2, 0.25) is 10.0 Å². The number of anilines is 2. The maximum Gasteiger partial charge on any atom is 0.261 e. The highest BCUT2D eigenvalue weighted by Crippen LogP contribution is 2.27. The van der Waals surface area contributed by atoms with Crippen LogP contribution in [0.4, 0.5) is 11.5 Å². The zero-order valence-corrected chi connectivity index (χ0v) is 25.0. The molecule has 2 aliphatic heterocycles. The fourth-order valence-electron chi connectivity index (χ4n) is 5.41. The van der Waals surface area contributed by atoms with Gasteiger partial charge in [0, 0.05) is 61.4 Å². The Bertz CT molecular complexity index is 1470. The molecule has 0 atom stereocenters. The van der Waals surface area contributed by atoms with Gasteiger partial charge in [-0.2, -0.15) is 0 Å². The van der Waals surface area contributed by atoms with Crippen molar-refractivity contribution >= 4 is 50.6 Å². The summed E-state index contributed by atoms with van der Waals surface area (Å²) in [6, 6.07) is 15.1. The summed E-state index contributed by atoms with van der Waals surface area (Å²) < 4.78 is 28.7. The van der Waals surface area contributed by atoms with Crippen LogP contribution in [0.5, 0.6) is 0 Å². The number of carbonyl (C=O) groups is 1. The number of rotatable bonds is 8. The Morgan fingerprint density at radius 2 is 1.54 bits per heavy atom. The molecule has 2 aromatic carbocycles. The summed E-state index contributed by atoms with van der Waals surface area (Å²) in [7, 11) is -3.82. The number of nitrogens with zero attached hydrogens (tertiary/aromatic N) is 4. The predicted octanol–water partition coefficient (Wildman–Crippen LogP) is 4.33. The molecular formula is C29H34Cl2N6O3S. The summed E-state index contributed by atoms with van der Waals surface area (Å²) in [4.78, 5) is 24.0. The predicted molar refractivity (Wildman–Crippen MR) is 162 cm³/mol. The Labute approximate surface area is 251 Å². The van der Waals surface area contributed by atoms with Gasteiger partial charge in [0.1, 0.15) is 5.82 Å². The first-order valence-corrected chi connectivity index (χ1v) is 15.9. The SMILES string of the molecule is Nc1cc(CN2CCC(C(=O)N3CCN(Cc4ccc(Cl)cc4NS(=O)(=O)c4ccc(Cl)cc4)CC3)CC2)ccn1. The Hall–Kier alpha value is -2.89. The van der Waals surface area contributed by atoms with Crippen LogP contribution in [0.3, 0.4) is 0 Å². The number of nitrogens with one attached hydrogen (secondary N) is 1. The van der Waals surface area contributed by atoms with Crippen LogP contribution >= 0.6 is 23.2 Å². The molecule has 3 heterocycles. The van der Waals surface area contributed by atoms with Crippen LogP contribution in [-0.4, -0.2) is 73.3 Å². The minimum Gasteiger partial charge on any atom is -0.384 e. The third-order valence-electron chi connectivity index (χ3n) is 7.71. The third kappa shape index (κ3) is 7.69. The van der Waals surface area contributed by atoms with E-state index in [9.17, 15) is 13.2 Å². The maximum atomic E-state index is 13.3. The number of piperazine rings is 1. The standard InChI is InChI=1S/C29H34Cl2N6O3S/c30-24-3-5-26(6-4-24)41(39,40)34-27-18-25(31)2-1-23(27)20-36-13-15-37(16-14-36)29(38)22-8-11-35(12-9-22)19-21-7-10-33-28(32)17-21/h1-7,10,17-18,22,34H,8-9,11-16,19-20H2,(H2,32,33). The van der Waals surface area contributed by atoms with Gasteiger partial charge in [-0.1, -0.05) is 29.3 Å². The molecule has 0 spiro atoms. The van der Waals surface area contributed by atoms with Crippen molar-refractivity contribution in [2.75, 3.05) is 49.7 Å². The second-order valence-corrected chi connectivity index (χ2v) is 13.2. The van der Waals surface area contributed by atoms with Crippen LogP contribution < -0.4 is 10.5 Å². The van der Waals surface area contributed by atoms with E-state index in [0.717, 1.165) is 43.6 Å². The number of aromatic nitrogens is 1. The van der Waals surface area contributed by atoms with Gasteiger partial charge in [-0.15, -0.1) is 0 Å². The quantitative estimate of drug-likeness (QED) is 0.387. The summed E-state index contributed by atoms with van der Waals surface area (Å²) in [6.07, 6.45) is 3.43. The number of nitrogens with two attached hydrogens (primary N) is 1. The minimum absolute atomic E-state index is 0.0467. The van der Waals surface area contributed by atoms with E-state index in [1.165, 1.54) is 12.1 Å². The minimum atomic E-state index is -3.82. The number of carbonyl (C=O) groups excluding carboxylic acids is 1. The Balaban J connectivity index is 1.13. The van der Waals surface area contributed by atoms with E-state index in [1.807, 2.05) is 23.1 Å². The van der Waals surface area contributed by atoms with E-state index in [4.69, 9.17) is 28.9 Å². The van der Waals surface area contributed by atoms with Crippen LogP contribution in [0.1, 0.15) is 24.0 Å². The lowest BCUT2D eigenvalue weighted by Crippen LogP contribution is -2.51. The maximum absolute atomic E-state index is 13.3. The first kappa shape index (κ1) is 29.6. The second kappa shape index (κ2) is 13.0. The molecule has 3 N–H and O–H groups in total. The van der Waals surface area contributed by atoms with Gasteiger partial charge in [0.25, 0.3) is 10.0 Å². The van der Waals surface area contributed by atoms with Crippen LogP contribution in [0.25, 0.3) is 0 Å². The summed E-state index contributed by atoms with van der Waals surface area (Å²) >= 11 is 12.1. The fourth-order valence-corrected chi connectivity index (χ4v) is 6.80. The van der Waals surface area contributed by atoms with E-state index in [-0.39, 0.29) is 16.7 Å². The summed E-state index contributed by atoms with van der Waals surface area (Å²) in [5.41, 5.74) is 8.20. The van der Waals surface area contributed by atoms with Crippen molar-refractivity contribution in [2.24, 2.45) is 5.92 Å². The van der Waals surface area contributed by atoms with Crippen molar-refractivity contribution in [1.82, 2.24) is 19.7 Å². The molecule has 2 saturated heterocycles. The van der Waals surface area contributed by atoms with Crippen molar-refractivity contribution in [3.63, 3.8) is 0 Å². The second-order valence-electron chi connectivity index (χ2n) is 10.6. The number of sulfonamides is 1. The van der Waals surface area contributed by atoms with Gasteiger partial charge in [-0.05, 0) is 85.6 Å². The Morgan fingerprint density at radius 1 is 0.878 bits per heavy atom. The lowest BCUT2D eigenvalue weighted by molar-refractivity contribution is -0.139. The third-order valence-corrected chi connectivity index (χ3v) is 9.58. The molecule has 2 aliphatic rings. The van der Waals surface area contributed by atoms with Gasteiger partial charge in [-0.3, -0.25) is 19.3 Å². The zero-order valence-electron chi connectivity index (χ0n) is 22.7. The van der Waals surface area contributed by atoms with Gasteiger partial charge < -0.3 is 10.6 Å². The Kier molecular flexibility index (Phi) is 9.35. The van der Waals surface area contributed by atoms with E-state index < -0.39 is 10.0 Å². The molecule has 2 fully saturated rings. The lowest BCUT2D eigenvalue weighted by atomic mass is 9.94. The number of piperidine rings is 1. The topological polar surface area (TPSA) is 112 Å². The first-order valence-electron chi connectivity index (χ1n) is 13.7. The number of halogens is 2. The van der Waals surface area contributed by atoms with Crippen molar-refractivity contribution < 1.29 is 13.2 Å². The van der Waals surface area contributed by atoms with Gasteiger partial charge in [0.2, 0.25) is 5.91 Å². The molecule has 218 valence electrons. The number of hydrogen-bond acceptors (Lipinski definition) is 7. The summed E-state index contributed by atoms with van der Waals surface area (Å²) in [6.45, 7) is 5.82. The van der Waals surface area contributed by atoms with E-state index in [2.05, 4.69) is 19.5 Å². The average molecular weight is 618 g/mol. The van der Waals surface area contributed by atoms with Crippen molar-refractivity contribution in [3.8, 4) is 0 Å². The fraction of sp³-hybridized carbons (Fsp3) is 0.379. The van der Waals surface area contributed by atoms with Crippen molar-refractivity contribution in [1.29, 1.82) is 0 Å². The number of pyridine rings is 1. The smallest absolute Gasteiger partial charge is 0.261 e. The average Bonchev–Trinajstić information content (AvgIpc) is 2.95. The zero-order chi connectivity index (χ0) is 29.0. The summed E-state index contributed by atoms with van der Waals surface area (Å²) in [5.74, 6) is 0.809. The highest BCUT2D eigenvalue weighted by atomic mass is 35.5. The van der Waals surface area contributed by atoms with Crippen LogP contribution in [-0.2, 0) is 27.9 Å². The lowest BCUT2D eigenvalue weighted by Gasteiger charge is -2.38. The molecule has 0 radical (unpaired) electrons. The molecule has 0 saturated carbocycles. The van der Waals surface area contributed by atoms with Crippen molar-refractivity contribution in [3.05, 3.63) is 82.0 Å². The van der Waals surface area contributed by atoms with E-state index in [1.54, 1.807) is 30.5 Å². The normalized spacial score (nSPS) is 17.5. The molecule has 41 heavy (non-hydrogen) atoms. The molecule has 3 aromatic rings. The highest BCUT2D eigenvalue weighted by molar-refractivity contribution is 7.92. The number of benzene rings is 2. The van der Waals surface area contributed by atoms with Gasteiger partial charge >= 0.3 is 0 Å². The van der Waals surface area contributed by atoms with Crippen molar-refractivity contribution in [2.45, 2.75) is 30.8 Å². The van der Waals surface area contributed by atoms with Gasteiger partial charge in [0.05, 0.1) is 10.6 Å². The number of nitrogen functional groups attached to an aromatic ring is 1. The Morgan fingerprint density at radius 3 is 2.22 bits per heavy atom. The first-order chi connectivity index (χ1) is 19.7. The van der Waals surface area contributed by atoms with Gasteiger partial charge in [-0.25, -0.2) is 13.4 Å². The number of hydrogen-bond donors (Lipinski definition) is 2. The molecule has 1 aromatic heterocycles. The molecular weight excluding hydrogens is 583 g/mol. The highest BCUT2D eigenvalue weighted by Gasteiger charge is 2.30. The summed E-state index contributed by atoms with van der Waals surface area (Å²) in [5, 5.41) is 0.899. The molecule has 0 aliphatic carbocycles. The molecule has 0 bridgehead atoms. The number of amides is 1. The monoisotopic (exact) mass is 616 g/mol. The molecule has 5 rings (SSSR count). The molecule has 1 amide bonds. The van der Waals surface area contributed by atoms with Crippen LogP contribution in [0, 0.1) is 5.92 Å². The molecule has 0 unspecified atom stereocenters. The number of likely N-dealkylation sites (tertiary alicyclic amines) is 1. The van der Waals surface area contributed by atoms with Gasteiger partial charge in [0.15, 0.2) is 0 Å². The molecule has 12 heteroatoms.